The summed E-state index contributed by atoms with van der Waals surface area (Å²) in [4.78, 5) is 19.0. The van der Waals surface area contributed by atoms with E-state index in [2.05, 4.69) is 9.97 Å². The van der Waals surface area contributed by atoms with Crippen molar-refractivity contribution in [3.05, 3.63) is 22.7 Å². The Labute approximate surface area is 106 Å². The monoisotopic (exact) mass is 276 g/mol. The zero-order valence-corrected chi connectivity index (χ0v) is 10.6. The predicted octanol–water partition coefficient (Wildman–Crippen LogP) is 2.35. The highest BCUT2D eigenvalue weighted by molar-refractivity contribution is 8.06. The van der Waals surface area contributed by atoms with E-state index in [0.29, 0.717) is 5.82 Å². The number of carboxylic acids is 1. The molecule has 0 spiro atoms. The molecule has 2 rings (SSSR count). The van der Waals surface area contributed by atoms with Crippen LogP contribution in [-0.2, 0) is 0 Å². The minimum Gasteiger partial charge on any atom is -0.476 e. The molecule has 0 radical (unpaired) electrons. The summed E-state index contributed by atoms with van der Waals surface area (Å²) in [5, 5.41) is 9.16. The SMILES string of the molecule is O=C(O)c1nc(C2CSCCS2)ncc1Cl. The molecule has 1 aliphatic heterocycles. The second kappa shape index (κ2) is 5.25. The minimum absolute atomic E-state index is 0.0877. The number of halogens is 1. The Kier molecular flexibility index (Phi) is 3.94. The summed E-state index contributed by atoms with van der Waals surface area (Å²) in [6.45, 7) is 0. The van der Waals surface area contributed by atoms with Crippen LogP contribution in [0.1, 0.15) is 21.6 Å². The van der Waals surface area contributed by atoms with E-state index in [1.54, 1.807) is 11.8 Å². The van der Waals surface area contributed by atoms with E-state index in [1.807, 2.05) is 11.8 Å². The second-order valence-electron chi connectivity index (χ2n) is 3.16. The van der Waals surface area contributed by atoms with Gasteiger partial charge in [0.25, 0.3) is 0 Å². The molecule has 0 aliphatic carbocycles. The summed E-state index contributed by atoms with van der Waals surface area (Å²) in [6.07, 6.45) is 1.37. The van der Waals surface area contributed by atoms with Crippen molar-refractivity contribution in [1.82, 2.24) is 9.97 Å². The topological polar surface area (TPSA) is 63.1 Å². The Bertz CT molecular complexity index is 410. The molecule has 1 saturated heterocycles. The number of aromatic nitrogens is 2. The largest absolute Gasteiger partial charge is 0.476 e. The fourth-order valence-corrected chi connectivity index (χ4v) is 4.10. The van der Waals surface area contributed by atoms with Gasteiger partial charge >= 0.3 is 5.97 Å². The van der Waals surface area contributed by atoms with Gasteiger partial charge in [-0.25, -0.2) is 14.8 Å². The smallest absolute Gasteiger partial charge is 0.356 e. The highest BCUT2D eigenvalue weighted by Gasteiger charge is 2.21. The van der Waals surface area contributed by atoms with Crippen LogP contribution in [0.15, 0.2) is 6.20 Å². The molecular formula is C9H9ClN2O2S2. The molecule has 1 fully saturated rings. The number of nitrogens with zero attached hydrogens (tertiary/aromatic N) is 2. The average Bonchev–Trinajstić information content (AvgIpc) is 2.30. The van der Waals surface area contributed by atoms with Crippen molar-refractivity contribution in [2.45, 2.75) is 5.25 Å². The first-order valence-corrected chi connectivity index (χ1v) is 7.21. The number of carbonyl (C=O) groups is 1. The van der Waals surface area contributed by atoms with Gasteiger partial charge in [0.15, 0.2) is 5.69 Å². The van der Waals surface area contributed by atoms with Gasteiger partial charge in [0.1, 0.15) is 5.82 Å². The molecule has 1 aromatic rings. The molecule has 0 amide bonds. The number of aromatic carboxylic acids is 1. The average molecular weight is 277 g/mol. The molecule has 1 aromatic heterocycles. The lowest BCUT2D eigenvalue weighted by Crippen LogP contribution is -2.13. The number of carboxylic acid groups (broad SMARTS) is 1. The summed E-state index contributed by atoms with van der Waals surface area (Å²) in [5.74, 6) is 2.55. The fourth-order valence-electron chi connectivity index (χ4n) is 1.32. The van der Waals surface area contributed by atoms with Crippen LogP contribution in [0.4, 0.5) is 0 Å². The lowest BCUT2D eigenvalue weighted by Gasteiger charge is -2.19. The zero-order chi connectivity index (χ0) is 11.5. The summed E-state index contributed by atoms with van der Waals surface area (Å²) in [6, 6.07) is 0. The van der Waals surface area contributed by atoms with Crippen LogP contribution in [0.3, 0.4) is 0 Å². The maximum absolute atomic E-state index is 10.9. The zero-order valence-electron chi connectivity index (χ0n) is 8.22. The third-order valence-electron chi connectivity index (χ3n) is 2.07. The van der Waals surface area contributed by atoms with Crippen molar-refractivity contribution in [2.75, 3.05) is 17.3 Å². The normalized spacial score (nSPS) is 20.7. The molecule has 0 bridgehead atoms. The van der Waals surface area contributed by atoms with Crippen molar-refractivity contribution in [1.29, 1.82) is 0 Å². The van der Waals surface area contributed by atoms with Crippen LogP contribution in [0, 0.1) is 0 Å². The molecule has 0 aromatic carbocycles. The fraction of sp³-hybridized carbons (Fsp3) is 0.444. The second-order valence-corrected chi connectivity index (χ2v) is 6.03. The predicted molar refractivity (Wildman–Crippen MR) is 66.5 cm³/mol. The Morgan fingerprint density at radius 3 is 3.00 bits per heavy atom. The number of hydrogen-bond donors (Lipinski definition) is 1. The van der Waals surface area contributed by atoms with Crippen LogP contribution < -0.4 is 0 Å². The molecule has 7 heteroatoms. The Hall–Kier alpha value is -0.460. The summed E-state index contributed by atoms with van der Waals surface area (Å²) in [5.41, 5.74) is -0.108. The van der Waals surface area contributed by atoms with E-state index >= 15 is 0 Å². The van der Waals surface area contributed by atoms with Crippen LogP contribution in [0.5, 0.6) is 0 Å². The molecule has 1 atom stereocenters. The van der Waals surface area contributed by atoms with Gasteiger partial charge in [-0.1, -0.05) is 11.6 Å². The third-order valence-corrected chi connectivity index (χ3v) is 5.10. The summed E-state index contributed by atoms with van der Waals surface area (Å²) in [7, 11) is 0. The first-order chi connectivity index (χ1) is 7.68. The van der Waals surface area contributed by atoms with Crippen molar-refractivity contribution >= 4 is 41.1 Å². The molecule has 86 valence electrons. The highest BCUT2D eigenvalue weighted by Crippen LogP contribution is 2.35. The van der Waals surface area contributed by atoms with Gasteiger partial charge in [0.2, 0.25) is 0 Å². The van der Waals surface area contributed by atoms with Crippen molar-refractivity contribution < 1.29 is 9.90 Å². The van der Waals surface area contributed by atoms with Gasteiger partial charge < -0.3 is 5.11 Å². The lowest BCUT2D eigenvalue weighted by atomic mass is 10.3. The third kappa shape index (κ3) is 2.61. The molecule has 2 heterocycles. The quantitative estimate of drug-likeness (QED) is 0.895. The highest BCUT2D eigenvalue weighted by atomic mass is 35.5. The standard InChI is InChI=1S/C9H9ClN2O2S2/c10-5-3-11-8(12-7(5)9(13)14)6-4-15-1-2-16-6/h3,6H,1-2,4H2,(H,13,14). The van der Waals surface area contributed by atoms with Crippen LogP contribution >= 0.6 is 35.1 Å². The van der Waals surface area contributed by atoms with Crippen LogP contribution in [-0.4, -0.2) is 38.3 Å². The Morgan fingerprint density at radius 1 is 1.56 bits per heavy atom. The number of thioether (sulfide) groups is 2. The molecular weight excluding hydrogens is 268 g/mol. The maximum Gasteiger partial charge on any atom is 0.356 e. The Morgan fingerprint density at radius 2 is 2.38 bits per heavy atom. The van der Waals surface area contributed by atoms with Gasteiger partial charge in [0, 0.05) is 17.3 Å². The van der Waals surface area contributed by atoms with Gasteiger partial charge in [-0.15, -0.1) is 11.8 Å². The molecule has 0 saturated carbocycles. The van der Waals surface area contributed by atoms with E-state index in [0.717, 1.165) is 17.3 Å². The van der Waals surface area contributed by atoms with Crippen LogP contribution in [0.25, 0.3) is 0 Å². The molecule has 16 heavy (non-hydrogen) atoms. The number of hydrogen-bond acceptors (Lipinski definition) is 5. The summed E-state index contributed by atoms with van der Waals surface area (Å²) < 4.78 is 0. The summed E-state index contributed by atoms with van der Waals surface area (Å²) >= 11 is 9.31. The van der Waals surface area contributed by atoms with E-state index in [4.69, 9.17) is 16.7 Å². The number of rotatable bonds is 2. The van der Waals surface area contributed by atoms with E-state index in [1.165, 1.54) is 6.20 Å². The van der Waals surface area contributed by atoms with Crippen LogP contribution in [0.2, 0.25) is 5.02 Å². The van der Waals surface area contributed by atoms with E-state index in [9.17, 15) is 4.79 Å². The first kappa shape index (κ1) is 12.0. The first-order valence-electron chi connectivity index (χ1n) is 4.63. The van der Waals surface area contributed by atoms with Gasteiger partial charge in [-0.3, -0.25) is 0 Å². The van der Waals surface area contributed by atoms with Gasteiger partial charge in [0.05, 0.1) is 16.5 Å². The lowest BCUT2D eigenvalue weighted by molar-refractivity contribution is 0.0690. The van der Waals surface area contributed by atoms with Crippen molar-refractivity contribution in [2.24, 2.45) is 0 Å². The minimum atomic E-state index is -1.11. The molecule has 1 N–H and O–H groups in total. The van der Waals surface area contributed by atoms with Crippen molar-refractivity contribution in [3.63, 3.8) is 0 Å². The van der Waals surface area contributed by atoms with Gasteiger partial charge in [-0.2, -0.15) is 11.8 Å². The maximum atomic E-state index is 10.9. The molecule has 1 aliphatic rings. The van der Waals surface area contributed by atoms with Crippen molar-refractivity contribution in [3.8, 4) is 0 Å². The van der Waals surface area contributed by atoms with E-state index in [-0.39, 0.29) is 16.0 Å². The van der Waals surface area contributed by atoms with Gasteiger partial charge in [-0.05, 0) is 0 Å². The Balaban J connectivity index is 2.27. The molecule has 1 unspecified atom stereocenters. The molecule has 4 nitrogen and oxygen atoms in total. The van der Waals surface area contributed by atoms with E-state index < -0.39 is 5.97 Å².